The highest BCUT2D eigenvalue weighted by Gasteiger charge is 2.11. The summed E-state index contributed by atoms with van der Waals surface area (Å²) in [5.41, 5.74) is 3.50. The number of aryl methyl sites for hydroxylation is 2. The molecule has 1 N–H and O–H groups in total. The van der Waals surface area contributed by atoms with Gasteiger partial charge in [-0.25, -0.2) is 4.39 Å². The summed E-state index contributed by atoms with van der Waals surface area (Å²) < 4.78 is 14.2. The minimum Gasteiger partial charge on any atom is -0.310 e. The van der Waals surface area contributed by atoms with Crippen LogP contribution in [0.15, 0.2) is 46.2 Å². The fourth-order valence-electron chi connectivity index (χ4n) is 2.02. The van der Waals surface area contributed by atoms with E-state index in [0.717, 1.165) is 10.5 Å². The molecule has 112 valence electrons. The molecule has 0 unspecified atom stereocenters. The number of benzene rings is 2. The highest BCUT2D eigenvalue weighted by molar-refractivity contribution is 7.99. The van der Waals surface area contributed by atoms with Crippen molar-refractivity contribution < 1.29 is 4.39 Å². The molecule has 0 aromatic heterocycles. The van der Waals surface area contributed by atoms with Gasteiger partial charge >= 0.3 is 0 Å². The van der Waals surface area contributed by atoms with Gasteiger partial charge in [0.25, 0.3) is 0 Å². The lowest BCUT2D eigenvalue weighted by Gasteiger charge is -2.13. The molecule has 2 rings (SSSR count). The maximum Gasteiger partial charge on any atom is 0.137 e. The molecule has 2 aromatic rings. The second kappa shape index (κ2) is 7.10. The van der Waals surface area contributed by atoms with Crippen LogP contribution in [-0.4, -0.2) is 6.04 Å². The van der Waals surface area contributed by atoms with Gasteiger partial charge in [0.1, 0.15) is 5.82 Å². The lowest BCUT2D eigenvalue weighted by molar-refractivity contribution is 0.564. The monoisotopic (exact) mass is 303 g/mol. The van der Waals surface area contributed by atoms with Crippen LogP contribution in [0.5, 0.6) is 0 Å². The third-order valence-corrected chi connectivity index (χ3v) is 4.60. The number of hydrogen-bond donors (Lipinski definition) is 1. The molecule has 3 heteroatoms. The molecule has 0 saturated carbocycles. The molecule has 0 fully saturated rings. The van der Waals surface area contributed by atoms with Crippen molar-refractivity contribution >= 4 is 11.8 Å². The lowest BCUT2D eigenvalue weighted by atomic mass is 10.1. The first kappa shape index (κ1) is 16.1. The maximum atomic E-state index is 14.2. The van der Waals surface area contributed by atoms with Crippen LogP contribution in [0.25, 0.3) is 0 Å². The molecule has 0 saturated heterocycles. The van der Waals surface area contributed by atoms with E-state index >= 15 is 0 Å². The second-order valence-corrected chi connectivity index (χ2v) is 6.70. The van der Waals surface area contributed by atoms with E-state index in [2.05, 4.69) is 51.2 Å². The molecule has 2 aromatic carbocycles. The average molecular weight is 303 g/mol. The van der Waals surface area contributed by atoms with Crippen LogP contribution < -0.4 is 5.32 Å². The largest absolute Gasteiger partial charge is 0.310 e. The van der Waals surface area contributed by atoms with Gasteiger partial charge in [-0.2, -0.15) is 0 Å². The third kappa shape index (κ3) is 4.32. The van der Waals surface area contributed by atoms with E-state index in [1.807, 2.05) is 6.07 Å². The maximum absolute atomic E-state index is 14.2. The van der Waals surface area contributed by atoms with E-state index in [9.17, 15) is 4.39 Å². The molecule has 0 aliphatic heterocycles. The van der Waals surface area contributed by atoms with Crippen molar-refractivity contribution in [3.63, 3.8) is 0 Å². The van der Waals surface area contributed by atoms with Crippen LogP contribution >= 0.6 is 11.8 Å². The van der Waals surface area contributed by atoms with Gasteiger partial charge in [0.2, 0.25) is 0 Å². The quantitative estimate of drug-likeness (QED) is 0.825. The average Bonchev–Trinajstić information content (AvgIpc) is 2.43. The van der Waals surface area contributed by atoms with Gasteiger partial charge in [-0.15, -0.1) is 0 Å². The predicted molar refractivity (Wildman–Crippen MR) is 88.4 cm³/mol. The van der Waals surface area contributed by atoms with Crippen molar-refractivity contribution in [1.29, 1.82) is 0 Å². The normalized spacial score (nSPS) is 11.1. The first-order valence-electron chi connectivity index (χ1n) is 7.23. The Labute approximate surface area is 131 Å². The Morgan fingerprint density at radius 2 is 1.86 bits per heavy atom. The Bertz CT molecular complexity index is 623. The SMILES string of the molecule is Cc1ccc(Sc2c(F)cccc2CNC(C)C)cc1C. The van der Waals surface area contributed by atoms with Crippen molar-refractivity contribution in [2.24, 2.45) is 0 Å². The van der Waals surface area contributed by atoms with Crippen LogP contribution in [0.1, 0.15) is 30.5 Å². The zero-order valence-corrected chi connectivity index (χ0v) is 13.9. The molecule has 0 atom stereocenters. The number of nitrogens with one attached hydrogen (secondary N) is 1. The highest BCUT2D eigenvalue weighted by Crippen LogP contribution is 2.33. The fraction of sp³-hybridized carbons (Fsp3) is 0.333. The summed E-state index contributed by atoms with van der Waals surface area (Å²) in [6.07, 6.45) is 0. The summed E-state index contributed by atoms with van der Waals surface area (Å²) in [6.45, 7) is 9.04. The van der Waals surface area contributed by atoms with E-state index in [0.29, 0.717) is 17.5 Å². The van der Waals surface area contributed by atoms with Gasteiger partial charge < -0.3 is 5.32 Å². The zero-order valence-electron chi connectivity index (χ0n) is 13.0. The molecular weight excluding hydrogens is 281 g/mol. The summed E-state index contributed by atoms with van der Waals surface area (Å²) in [4.78, 5) is 1.79. The van der Waals surface area contributed by atoms with Crippen LogP contribution in [0.4, 0.5) is 4.39 Å². The Hall–Kier alpha value is -1.32. The van der Waals surface area contributed by atoms with Crippen molar-refractivity contribution in [2.45, 2.75) is 50.1 Å². The molecule has 0 spiro atoms. The van der Waals surface area contributed by atoms with E-state index in [4.69, 9.17) is 0 Å². The topological polar surface area (TPSA) is 12.0 Å². The zero-order chi connectivity index (χ0) is 15.4. The third-order valence-electron chi connectivity index (χ3n) is 3.45. The first-order chi connectivity index (χ1) is 9.97. The van der Waals surface area contributed by atoms with Crippen molar-refractivity contribution in [2.75, 3.05) is 0 Å². The smallest absolute Gasteiger partial charge is 0.137 e. The Balaban J connectivity index is 2.27. The van der Waals surface area contributed by atoms with E-state index in [1.54, 1.807) is 6.07 Å². The molecular formula is C18H22FNS. The first-order valence-corrected chi connectivity index (χ1v) is 8.05. The van der Waals surface area contributed by atoms with Gasteiger partial charge in [0.05, 0.1) is 4.90 Å². The molecule has 0 aliphatic carbocycles. The predicted octanol–water partition coefficient (Wildman–Crippen LogP) is 5.09. The van der Waals surface area contributed by atoms with Crippen molar-refractivity contribution in [3.8, 4) is 0 Å². The summed E-state index contributed by atoms with van der Waals surface area (Å²) in [5.74, 6) is -0.152. The van der Waals surface area contributed by atoms with Crippen molar-refractivity contribution in [1.82, 2.24) is 5.32 Å². The Morgan fingerprint density at radius 3 is 2.52 bits per heavy atom. The molecule has 21 heavy (non-hydrogen) atoms. The van der Waals surface area contributed by atoms with Crippen LogP contribution in [-0.2, 0) is 6.54 Å². The molecule has 0 heterocycles. The fourth-order valence-corrected chi connectivity index (χ4v) is 3.06. The van der Waals surface area contributed by atoms with Crippen molar-refractivity contribution in [3.05, 3.63) is 58.9 Å². The van der Waals surface area contributed by atoms with Gasteiger partial charge in [0, 0.05) is 17.5 Å². The minimum absolute atomic E-state index is 0.152. The summed E-state index contributed by atoms with van der Waals surface area (Å²) in [7, 11) is 0. The minimum atomic E-state index is -0.152. The lowest BCUT2D eigenvalue weighted by Crippen LogP contribution is -2.22. The van der Waals surface area contributed by atoms with Gasteiger partial charge in [-0.1, -0.05) is 43.8 Å². The number of halogens is 1. The molecule has 0 bridgehead atoms. The van der Waals surface area contributed by atoms with Gasteiger partial charge in [0.15, 0.2) is 0 Å². The van der Waals surface area contributed by atoms with Crippen LogP contribution in [0, 0.1) is 19.7 Å². The van der Waals surface area contributed by atoms with Crippen LogP contribution in [0.3, 0.4) is 0 Å². The Kier molecular flexibility index (Phi) is 5.43. The molecule has 0 amide bonds. The second-order valence-electron chi connectivity index (χ2n) is 5.61. The Morgan fingerprint density at radius 1 is 1.10 bits per heavy atom. The van der Waals surface area contributed by atoms with E-state index < -0.39 is 0 Å². The molecule has 1 nitrogen and oxygen atoms in total. The van der Waals surface area contributed by atoms with Gasteiger partial charge in [-0.3, -0.25) is 0 Å². The van der Waals surface area contributed by atoms with Gasteiger partial charge in [-0.05, 0) is 48.7 Å². The molecule has 0 radical (unpaired) electrons. The summed E-state index contributed by atoms with van der Waals surface area (Å²) in [6, 6.07) is 11.9. The van der Waals surface area contributed by atoms with E-state index in [-0.39, 0.29) is 5.82 Å². The number of rotatable bonds is 5. The standard InChI is InChI=1S/C18H22FNS/c1-12(2)20-11-15-6-5-7-17(19)18(15)21-16-9-8-13(3)14(4)10-16/h5-10,12,20H,11H2,1-4H3. The summed E-state index contributed by atoms with van der Waals surface area (Å²) >= 11 is 1.50. The van der Waals surface area contributed by atoms with E-state index in [1.165, 1.54) is 29.0 Å². The van der Waals surface area contributed by atoms with Crippen LogP contribution in [0.2, 0.25) is 0 Å². The summed E-state index contributed by atoms with van der Waals surface area (Å²) in [5, 5.41) is 3.36. The number of hydrogen-bond acceptors (Lipinski definition) is 2. The molecule has 0 aliphatic rings. The highest BCUT2D eigenvalue weighted by atomic mass is 32.2.